The largest absolute Gasteiger partial charge is 0.481 e. The molecular formula is C16H17NO3. The van der Waals surface area contributed by atoms with Crippen LogP contribution in [0.4, 0.5) is 0 Å². The Morgan fingerprint density at radius 2 is 1.95 bits per heavy atom. The van der Waals surface area contributed by atoms with Crippen LogP contribution in [0.1, 0.15) is 18.4 Å². The third-order valence-electron chi connectivity index (χ3n) is 3.31. The van der Waals surface area contributed by atoms with E-state index in [0.717, 1.165) is 10.9 Å². The average molecular weight is 271 g/mol. The van der Waals surface area contributed by atoms with E-state index >= 15 is 0 Å². The summed E-state index contributed by atoms with van der Waals surface area (Å²) in [5.41, 5.74) is 1.09. The minimum atomic E-state index is -0.846. The molecule has 0 heterocycles. The fraction of sp³-hybridized carbons (Fsp3) is 0.250. The molecule has 2 aromatic rings. The highest BCUT2D eigenvalue weighted by Crippen LogP contribution is 2.17. The summed E-state index contributed by atoms with van der Waals surface area (Å²) in [5, 5.41) is 13.7. The lowest BCUT2D eigenvalue weighted by Crippen LogP contribution is -2.30. The maximum atomic E-state index is 10.6. The van der Waals surface area contributed by atoms with Crippen LogP contribution in [-0.2, 0) is 16.0 Å². The van der Waals surface area contributed by atoms with Gasteiger partial charge in [-0.05, 0) is 29.2 Å². The fourth-order valence-corrected chi connectivity index (χ4v) is 2.29. The number of carbonyl (C=O) groups is 2. The second-order valence-electron chi connectivity index (χ2n) is 4.80. The van der Waals surface area contributed by atoms with Crippen molar-refractivity contribution in [1.82, 2.24) is 5.32 Å². The Morgan fingerprint density at radius 3 is 2.65 bits per heavy atom. The molecule has 0 bridgehead atoms. The van der Waals surface area contributed by atoms with Gasteiger partial charge >= 0.3 is 5.97 Å². The molecule has 1 atom stereocenters. The van der Waals surface area contributed by atoms with Crippen LogP contribution in [0.25, 0.3) is 10.8 Å². The van der Waals surface area contributed by atoms with E-state index in [4.69, 9.17) is 5.11 Å². The van der Waals surface area contributed by atoms with Crippen molar-refractivity contribution in [2.45, 2.75) is 25.3 Å². The van der Waals surface area contributed by atoms with Crippen LogP contribution in [0.5, 0.6) is 0 Å². The molecule has 20 heavy (non-hydrogen) atoms. The molecule has 0 spiro atoms. The molecule has 0 radical (unpaired) electrons. The van der Waals surface area contributed by atoms with Crippen LogP contribution >= 0.6 is 0 Å². The SMILES string of the molecule is O=CNC(CCC(=O)O)Cc1ccc2ccccc2c1. The summed E-state index contributed by atoms with van der Waals surface area (Å²) in [6.07, 6.45) is 1.75. The van der Waals surface area contributed by atoms with E-state index in [1.807, 2.05) is 36.4 Å². The number of carboxylic acids is 1. The Kier molecular flexibility index (Phi) is 4.71. The molecular weight excluding hydrogens is 254 g/mol. The van der Waals surface area contributed by atoms with Gasteiger partial charge in [0.1, 0.15) is 0 Å². The molecule has 4 heteroatoms. The van der Waals surface area contributed by atoms with Crippen molar-refractivity contribution in [2.75, 3.05) is 0 Å². The van der Waals surface area contributed by atoms with Gasteiger partial charge < -0.3 is 10.4 Å². The van der Waals surface area contributed by atoms with Gasteiger partial charge in [0.2, 0.25) is 6.41 Å². The Morgan fingerprint density at radius 1 is 1.20 bits per heavy atom. The highest BCUT2D eigenvalue weighted by Gasteiger charge is 2.11. The summed E-state index contributed by atoms with van der Waals surface area (Å²) >= 11 is 0. The van der Waals surface area contributed by atoms with Crippen LogP contribution in [-0.4, -0.2) is 23.5 Å². The van der Waals surface area contributed by atoms with Crippen LogP contribution in [0, 0.1) is 0 Å². The maximum Gasteiger partial charge on any atom is 0.303 e. The highest BCUT2D eigenvalue weighted by atomic mass is 16.4. The molecule has 0 aromatic heterocycles. The first-order valence-corrected chi connectivity index (χ1v) is 6.58. The molecule has 104 valence electrons. The lowest BCUT2D eigenvalue weighted by molar-refractivity contribution is -0.137. The first-order chi connectivity index (χ1) is 9.69. The molecule has 0 saturated heterocycles. The van der Waals surface area contributed by atoms with Gasteiger partial charge in [0.05, 0.1) is 0 Å². The van der Waals surface area contributed by atoms with Gasteiger partial charge in [-0.15, -0.1) is 0 Å². The van der Waals surface area contributed by atoms with Gasteiger partial charge in [-0.25, -0.2) is 0 Å². The van der Waals surface area contributed by atoms with Gasteiger partial charge in [-0.1, -0.05) is 42.5 Å². The van der Waals surface area contributed by atoms with Gasteiger partial charge in [-0.2, -0.15) is 0 Å². The van der Waals surface area contributed by atoms with E-state index in [-0.39, 0.29) is 12.5 Å². The molecule has 1 amide bonds. The van der Waals surface area contributed by atoms with Crippen molar-refractivity contribution in [3.63, 3.8) is 0 Å². The van der Waals surface area contributed by atoms with Crippen LogP contribution in [0.15, 0.2) is 42.5 Å². The number of fused-ring (bicyclic) bond motifs is 1. The van der Waals surface area contributed by atoms with Crippen LogP contribution in [0.3, 0.4) is 0 Å². The predicted octanol–water partition coefficient (Wildman–Crippen LogP) is 2.36. The number of hydrogen-bond acceptors (Lipinski definition) is 2. The Bertz CT molecular complexity index is 609. The molecule has 2 rings (SSSR count). The van der Waals surface area contributed by atoms with Gasteiger partial charge in [0.25, 0.3) is 0 Å². The number of aliphatic carboxylic acids is 1. The van der Waals surface area contributed by atoms with Crippen molar-refractivity contribution >= 4 is 23.2 Å². The zero-order valence-corrected chi connectivity index (χ0v) is 11.1. The standard InChI is InChI=1S/C16H17NO3/c18-11-17-15(7-8-16(19)20)10-12-5-6-13-3-1-2-4-14(13)9-12/h1-6,9,11,15H,7-8,10H2,(H,17,18)(H,19,20). The molecule has 0 aliphatic rings. The lowest BCUT2D eigenvalue weighted by Gasteiger charge is -2.15. The van der Waals surface area contributed by atoms with Crippen molar-refractivity contribution in [3.8, 4) is 0 Å². The molecule has 0 aliphatic heterocycles. The zero-order valence-electron chi connectivity index (χ0n) is 11.1. The smallest absolute Gasteiger partial charge is 0.303 e. The molecule has 2 aromatic carbocycles. The summed E-state index contributed by atoms with van der Waals surface area (Å²) in [6.45, 7) is 0. The minimum absolute atomic E-state index is 0.0547. The number of benzene rings is 2. The van der Waals surface area contributed by atoms with E-state index in [1.54, 1.807) is 0 Å². The zero-order chi connectivity index (χ0) is 14.4. The predicted molar refractivity (Wildman–Crippen MR) is 77.5 cm³/mol. The second-order valence-corrected chi connectivity index (χ2v) is 4.80. The third kappa shape index (κ3) is 3.82. The van der Waals surface area contributed by atoms with Crippen molar-refractivity contribution < 1.29 is 14.7 Å². The quantitative estimate of drug-likeness (QED) is 0.760. The minimum Gasteiger partial charge on any atom is -0.481 e. The second kappa shape index (κ2) is 6.70. The van der Waals surface area contributed by atoms with Crippen LogP contribution in [0.2, 0.25) is 0 Å². The number of nitrogens with one attached hydrogen (secondary N) is 1. The summed E-state index contributed by atoms with van der Waals surface area (Å²) in [5.74, 6) is -0.846. The third-order valence-corrected chi connectivity index (χ3v) is 3.31. The summed E-state index contributed by atoms with van der Waals surface area (Å²) in [4.78, 5) is 21.2. The lowest BCUT2D eigenvalue weighted by atomic mass is 9.99. The first kappa shape index (κ1) is 14.1. The number of carboxylic acid groups (broad SMARTS) is 1. The van der Waals surface area contributed by atoms with Crippen molar-refractivity contribution in [1.29, 1.82) is 0 Å². The summed E-state index contributed by atoms with van der Waals surface area (Å²) in [6, 6.07) is 14.1. The molecule has 0 saturated carbocycles. The Balaban J connectivity index is 2.10. The maximum absolute atomic E-state index is 10.6. The number of carbonyl (C=O) groups excluding carboxylic acids is 1. The van der Waals surface area contributed by atoms with Gasteiger partial charge in [0.15, 0.2) is 0 Å². The Hall–Kier alpha value is -2.36. The fourth-order valence-electron chi connectivity index (χ4n) is 2.29. The van der Waals surface area contributed by atoms with Gasteiger partial charge in [0, 0.05) is 12.5 Å². The van der Waals surface area contributed by atoms with Crippen LogP contribution < -0.4 is 5.32 Å². The summed E-state index contributed by atoms with van der Waals surface area (Å²) < 4.78 is 0. The monoisotopic (exact) mass is 271 g/mol. The van der Waals surface area contributed by atoms with E-state index in [1.165, 1.54) is 5.39 Å². The molecule has 2 N–H and O–H groups in total. The number of rotatable bonds is 7. The molecule has 0 aliphatic carbocycles. The van der Waals surface area contributed by atoms with Gasteiger partial charge in [-0.3, -0.25) is 9.59 Å². The normalized spacial score (nSPS) is 12.0. The highest BCUT2D eigenvalue weighted by molar-refractivity contribution is 5.83. The Labute approximate surface area is 117 Å². The average Bonchev–Trinajstić information content (AvgIpc) is 2.45. The summed E-state index contributed by atoms with van der Waals surface area (Å²) in [7, 11) is 0. The van der Waals surface area contributed by atoms with E-state index in [9.17, 15) is 9.59 Å². The van der Waals surface area contributed by atoms with E-state index in [2.05, 4.69) is 11.4 Å². The van der Waals surface area contributed by atoms with E-state index in [0.29, 0.717) is 19.3 Å². The number of hydrogen-bond donors (Lipinski definition) is 2. The topological polar surface area (TPSA) is 66.4 Å². The number of amides is 1. The molecule has 0 fully saturated rings. The first-order valence-electron chi connectivity index (χ1n) is 6.58. The van der Waals surface area contributed by atoms with Crippen molar-refractivity contribution in [3.05, 3.63) is 48.0 Å². The molecule has 4 nitrogen and oxygen atoms in total. The van der Waals surface area contributed by atoms with E-state index < -0.39 is 5.97 Å². The van der Waals surface area contributed by atoms with Crippen molar-refractivity contribution in [2.24, 2.45) is 0 Å². The molecule has 1 unspecified atom stereocenters.